The summed E-state index contributed by atoms with van der Waals surface area (Å²) in [4.78, 5) is 11.4. The smallest absolute Gasteiger partial charge is 0.250 e. The Morgan fingerprint density at radius 2 is 2.28 bits per heavy atom. The molecule has 0 aliphatic carbocycles. The predicted molar refractivity (Wildman–Crippen MR) is 74.1 cm³/mol. The Balaban J connectivity index is 2.14. The average molecular weight is 268 g/mol. The molecule has 0 bridgehead atoms. The van der Waals surface area contributed by atoms with Crippen LogP contribution in [0.2, 0.25) is 5.02 Å². The molecule has 1 aliphatic rings. The lowest BCUT2D eigenvalue weighted by Gasteiger charge is -2.19. The monoisotopic (exact) mass is 267 g/mol. The molecule has 1 aromatic rings. The summed E-state index contributed by atoms with van der Waals surface area (Å²) in [6, 6.07) is 5.51. The molecule has 5 heteroatoms. The Labute approximate surface area is 112 Å². The molecule has 1 atom stereocenters. The molecule has 0 aromatic heterocycles. The number of amides is 1. The summed E-state index contributed by atoms with van der Waals surface area (Å²) in [5.41, 5.74) is 6.58. The highest BCUT2D eigenvalue weighted by molar-refractivity contribution is 6.31. The fourth-order valence-electron chi connectivity index (χ4n) is 2.21. The number of benzene rings is 1. The summed E-state index contributed by atoms with van der Waals surface area (Å²) in [7, 11) is 0. The van der Waals surface area contributed by atoms with E-state index in [1.54, 1.807) is 12.1 Å². The molecule has 1 aliphatic heterocycles. The van der Waals surface area contributed by atoms with E-state index in [9.17, 15) is 4.79 Å². The minimum absolute atomic E-state index is 0.326. The van der Waals surface area contributed by atoms with Gasteiger partial charge >= 0.3 is 0 Å². The SMILES string of the molecule is NC(=O)c1cc(Cl)ccc1NC1CCCCNC1. The minimum atomic E-state index is -0.457. The van der Waals surface area contributed by atoms with E-state index in [-0.39, 0.29) is 0 Å². The van der Waals surface area contributed by atoms with Gasteiger partial charge in [0.25, 0.3) is 5.91 Å². The molecule has 1 fully saturated rings. The van der Waals surface area contributed by atoms with Crippen molar-refractivity contribution in [1.29, 1.82) is 0 Å². The molecule has 4 nitrogen and oxygen atoms in total. The molecule has 18 heavy (non-hydrogen) atoms. The van der Waals surface area contributed by atoms with Gasteiger partial charge in [-0.2, -0.15) is 0 Å². The molecule has 2 rings (SSSR count). The molecule has 1 heterocycles. The van der Waals surface area contributed by atoms with Crippen molar-refractivity contribution in [3.05, 3.63) is 28.8 Å². The van der Waals surface area contributed by atoms with Gasteiger partial charge in [-0.1, -0.05) is 18.0 Å². The second kappa shape index (κ2) is 6.07. The van der Waals surface area contributed by atoms with Gasteiger partial charge in [0, 0.05) is 23.3 Å². The predicted octanol–water partition coefficient (Wildman–Crippen LogP) is 1.99. The van der Waals surface area contributed by atoms with Gasteiger partial charge in [-0.25, -0.2) is 0 Å². The van der Waals surface area contributed by atoms with Gasteiger partial charge in [0.05, 0.1) is 5.56 Å². The van der Waals surface area contributed by atoms with E-state index >= 15 is 0 Å². The van der Waals surface area contributed by atoms with Gasteiger partial charge in [-0.05, 0) is 37.6 Å². The molecule has 4 N–H and O–H groups in total. The van der Waals surface area contributed by atoms with Crippen LogP contribution in [-0.2, 0) is 0 Å². The third-order valence-electron chi connectivity index (χ3n) is 3.15. The zero-order chi connectivity index (χ0) is 13.0. The lowest BCUT2D eigenvalue weighted by atomic mass is 10.1. The second-order valence-electron chi connectivity index (χ2n) is 4.60. The van der Waals surface area contributed by atoms with Gasteiger partial charge in [0.2, 0.25) is 0 Å². The second-order valence-corrected chi connectivity index (χ2v) is 5.03. The normalized spacial score (nSPS) is 20.2. The number of carbonyl (C=O) groups excluding carboxylic acids is 1. The summed E-state index contributed by atoms with van der Waals surface area (Å²) in [5.74, 6) is -0.457. The Morgan fingerprint density at radius 3 is 3.06 bits per heavy atom. The first-order chi connectivity index (χ1) is 8.66. The number of nitrogens with two attached hydrogens (primary N) is 1. The molecule has 0 spiro atoms. The van der Waals surface area contributed by atoms with E-state index in [0.717, 1.165) is 25.2 Å². The van der Waals surface area contributed by atoms with Gasteiger partial charge < -0.3 is 16.4 Å². The van der Waals surface area contributed by atoms with Crippen molar-refractivity contribution in [2.45, 2.75) is 25.3 Å². The third-order valence-corrected chi connectivity index (χ3v) is 3.39. The van der Waals surface area contributed by atoms with Crippen molar-refractivity contribution in [2.24, 2.45) is 5.73 Å². The van der Waals surface area contributed by atoms with Crippen LogP contribution in [0, 0.1) is 0 Å². The van der Waals surface area contributed by atoms with Gasteiger partial charge in [0.1, 0.15) is 0 Å². The fourth-order valence-corrected chi connectivity index (χ4v) is 2.38. The minimum Gasteiger partial charge on any atom is -0.380 e. The quantitative estimate of drug-likeness (QED) is 0.785. The number of anilines is 1. The van der Waals surface area contributed by atoms with E-state index in [0.29, 0.717) is 16.6 Å². The summed E-state index contributed by atoms with van der Waals surface area (Å²) in [6.07, 6.45) is 3.47. The summed E-state index contributed by atoms with van der Waals surface area (Å²) >= 11 is 5.88. The number of hydrogen-bond donors (Lipinski definition) is 3. The number of rotatable bonds is 3. The highest BCUT2D eigenvalue weighted by Crippen LogP contribution is 2.22. The zero-order valence-corrected chi connectivity index (χ0v) is 11.0. The summed E-state index contributed by atoms with van der Waals surface area (Å²) in [5, 5.41) is 7.27. The molecule has 1 aromatic carbocycles. The molecule has 0 saturated carbocycles. The lowest BCUT2D eigenvalue weighted by Crippen LogP contribution is -2.31. The molecule has 1 saturated heterocycles. The van der Waals surface area contributed by atoms with E-state index in [1.165, 1.54) is 12.8 Å². The van der Waals surface area contributed by atoms with Crippen molar-refractivity contribution in [3.63, 3.8) is 0 Å². The van der Waals surface area contributed by atoms with Gasteiger partial charge in [-0.15, -0.1) is 0 Å². The third kappa shape index (κ3) is 3.37. The van der Waals surface area contributed by atoms with Gasteiger partial charge in [-0.3, -0.25) is 4.79 Å². The van der Waals surface area contributed by atoms with Crippen LogP contribution in [0.5, 0.6) is 0 Å². The lowest BCUT2D eigenvalue weighted by molar-refractivity contribution is 0.100. The Bertz CT molecular complexity index is 428. The van der Waals surface area contributed by atoms with E-state index in [1.807, 2.05) is 6.07 Å². The van der Waals surface area contributed by atoms with E-state index in [2.05, 4.69) is 10.6 Å². The number of hydrogen-bond acceptors (Lipinski definition) is 3. The Kier molecular flexibility index (Phi) is 4.44. The van der Waals surface area contributed by atoms with Crippen LogP contribution < -0.4 is 16.4 Å². The molecule has 98 valence electrons. The first-order valence-corrected chi connectivity index (χ1v) is 6.61. The topological polar surface area (TPSA) is 67.2 Å². The van der Waals surface area contributed by atoms with Crippen molar-refractivity contribution < 1.29 is 4.79 Å². The first-order valence-electron chi connectivity index (χ1n) is 6.23. The van der Waals surface area contributed by atoms with Crippen molar-refractivity contribution >= 4 is 23.2 Å². The zero-order valence-electron chi connectivity index (χ0n) is 10.2. The summed E-state index contributed by atoms with van der Waals surface area (Å²) < 4.78 is 0. The number of carbonyl (C=O) groups is 1. The number of halogens is 1. The highest BCUT2D eigenvalue weighted by Gasteiger charge is 2.15. The van der Waals surface area contributed by atoms with Crippen LogP contribution in [0.1, 0.15) is 29.6 Å². The molecule has 1 amide bonds. The summed E-state index contributed by atoms with van der Waals surface area (Å²) in [6.45, 7) is 1.96. The van der Waals surface area contributed by atoms with Crippen LogP contribution >= 0.6 is 11.6 Å². The Morgan fingerprint density at radius 1 is 1.44 bits per heavy atom. The van der Waals surface area contributed by atoms with Crippen LogP contribution in [0.4, 0.5) is 5.69 Å². The van der Waals surface area contributed by atoms with Crippen LogP contribution in [0.15, 0.2) is 18.2 Å². The van der Waals surface area contributed by atoms with Crippen LogP contribution in [0.3, 0.4) is 0 Å². The van der Waals surface area contributed by atoms with Crippen LogP contribution in [0.25, 0.3) is 0 Å². The standard InChI is InChI=1S/C13H18ClN3O/c14-9-4-5-12(11(7-9)13(15)18)17-10-3-1-2-6-16-8-10/h4-5,7,10,16-17H,1-3,6,8H2,(H2,15,18). The van der Waals surface area contributed by atoms with E-state index in [4.69, 9.17) is 17.3 Å². The maximum absolute atomic E-state index is 11.4. The fraction of sp³-hybridized carbons (Fsp3) is 0.462. The Hall–Kier alpha value is -1.26. The largest absolute Gasteiger partial charge is 0.380 e. The molecular weight excluding hydrogens is 250 g/mol. The molecular formula is C13H18ClN3O. The maximum Gasteiger partial charge on any atom is 0.250 e. The maximum atomic E-state index is 11.4. The first kappa shape index (κ1) is 13.2. The average Bonchev–Trinajstić information content (AvgIpc) is 2.60. The van der Waals surface area contributed by atoms with Gasteiger partial charge in [0.15, 0.2) is 0 Å². The van der Waals surface area contributed by atoms with Crippen molar-refractivity contribution in [1.82, 2.24) is 5.32 Å². The molecule has 1 unspecified atom stereocenters. The van der Waals surface area contributed by atoms with Crippen molar-refractivity contribution in [2.75, 3.05) is 18.4 Å². The molecule has 0 radical (unpaired) electrons. The van der Waals surface area contributed by atoms with Crippen molar-refractivity contribution in [3.8, 4) is 0 Å². The number of primary amides is 1. The van der Waals surface area contributed by atoms with Crippen LogP contribution in [-0.4, -0.2) is 25.0 Å². The van der Waals surface area contributed by atoms with E-state index < -0.39 is 5.91 Å². The number of nitrogens with one attached hydrogen (secondary N) is 2. The highest BCUT2D eigenvalue weighted by atomic mass is 35.5.